The average molecular weight is 391 g/mol. The summed E-state index contributed by atoms with van der Waals surface area (Å²) in [5.41, 5.74) is 0.536. The van der Waals surface area contributed by atoms with Crippen LogP contribution in [0.25, 0.3) is 0 Å². The van der Waals surface area contributed by atoms with E-state index in [0.29, 0.717) is 10.9 Å². The van der Waals surface area contributed by atoms with Gasteiger partial charge in [0.15, 0.2) is 15.0 Å². The topological polar surface area (TPSA) is 66.8 Å². The van der Waals surface area contributed by atoms with Crippen LogP contribution in [-0.2, 0) is 14.6 Å². The van der Waals surface area contributed by atoms with E-state index in [1.54, 1.807) is 18.7 Å². The van der Waals surface area contributed by atoms with Crippen LogP contribution in [0.5, 0.6) is 0 Å². The number of hydrogen-bond acceptors (Lipinski definition) is 4. The molecular formula is C15H16ClFN2O3S2. The van der Waals surface area contributed by atoms with Gasteiger partial charge in [0.2, 0.25) is 0 Å². The number of anilines is 1. The normalized spacial score (nSPS) is 27.0. The third-order valence-electron chi connectivity index (χ3n) is 3.95. The number of amides is 1. The summed E-state index contributed by atoms with van der Waals surface area (Å²) in [6.07, 6.45) is 0. The molecule has 0 spiro atoms. The fourth-order valence-electron chi connectivity index (χ4n) is 2.72. The molecule has 1 aromatic rings. The Hall–Kier alpha value is -1.12. The smallest absolute Gasteiger partial charge is 0.250 e. The van der Waals surface area contributed by atoms with E-state index in [2.05, 4.69) is 4.99 Å². The molecule has 0 unspecified atom stereocenters. The number of fused-ring (bicyclic) bond motifs is 1. The molecule has 3 rings (SSSR count). The van der Waals surface area contributed by atoms with Crippen molar-refractivity contribution in [3.8, 4) is 0 Å². The fourth-order valence-corrected chi connectivity index (χ4v) is 6.82. The number of thioether (sulfide) groups is 1. The summed E-state index contributed by atoms with van der Waals surface area (Å²) in [7, 11) is -3.14. The summed E-state index contributed by atoms with van der Waals surface area (Å²) >= 11 is 7.14. The molecule has 0 saturated carbocycles. The lowest BCUT2D eigenvalue weighted by Crippen LogP contribution is -2.37. The van der Waals surface area contributed by atoms with Crippen molar-refractivity contribution in [3.63, 3.8) is 0 Å². The maximum absolute atomic E-state index is 13.5. The molecular weight excluding hydrogens is 375 g/mol. The first kappa shape index (κ1) is 17.7. The zero-order valence-corrected chi connectivity index (χ0v) is 15.5. The molecule has 0 aromatic heterocycles. The van der Waals surface area contributed by atoms with E-state index in [0.717, 1.165) is 0 Å². The lowest BCUT2D eigenvalue weighted by atomic mass is 10.2. The van der Waals surface area contributed by atoms with Gasteiger partial charge in [-0.15, -0.1) is 0 Å². The maximum Gasteiger partial charge on any atom is 0.250 e. The van der Waals surface area contributed by atoms with E-state index >= 15 is 0 Å². The van der Waals surface area contributed by atoms with Crippen LogP contribution in [-0.4, -0.2) is 42.3 Å². The van der Waals surface area contributed by atoms with Crippen LogP contribution < -0.4 is 4.90 Å². The minimum atomic E-state index is -3.14. The predicted molar refractivity (Wildman–Crippen MR) is 95.0 cm³/mol. The van der Waals surface area contributed by atoms with E-state index < -0.39 is 15.7 Å². The Bertz CT molecular complexity index is 826. The van der Waals surface area contributed by atoms with Crippen molar-refractivity contribution in [3.05, 3.63) is 29.0 Å². The first-order valence-electron chi connectivity index (χ1n) is 7.42. The number of aliphatic imine (C=N–C) groups is 1. The van der Waals surface area contributed by atoms with Crippen molar-refractivity contribution in [2.45, 2.75) is 25.1 Å². The number of carbonyl (C=O) groups is 1. The van der Waals surface area contributed by atoms with Gasteiger partial charge in [-0.2, -0.15) is 4.99 Å². The predicted octanol–water partition coefficient (Wildman–Crippen LogP) is 2.74. The first-order chi connectivity index (χ1) is 11.2. The molecule has 2 saturated heterocycles. The zero-order valence-electron chi connectivity index (χ0n) is 13.1. The Morgan fingerprint density at radius 2 is 2.12 bits per heavy atom. The Balaban J connectivity index is 2.04. The van der Waals surface area contributed by atoms with Gasteiger partial charge in [-0.05, 0) is 18.2 Å². The summed E-state index contributed by atoms with van der Waals surface area (Å²) in [5.74, 6) is -1.07. The van der Waals surface area contributed by atoms with E-state index in [-0.39, 0.29) is 39.6 Å². The zero-order chi connectivity index (χ0) is 17.6. The van der Waals surface area contributed by atoms with E-state index in [1.165, 1.54) is 30.0 Å². The highest BCUT2D eigenvalue weighted by Crippen LogP contribution is 2.41. The molecule has 0 aliphatic carbocycles. The van der Waals surface area contributed by atoms with Crippen molar-refractivity contribution in [1.29, 1.82) is 0 Å². The first-order valence-corrected chi connectivity index (χ1v) is 10.5. The Morgan fingerprint density at radius 1 is 1.42 bits per heavy atom. The minimum Gasteiger partial charge on any atom is -0.316 e. The molecule has 2 aliphatic rings. The quantitative estimate of drug-likeness (QED) is 0.776. The number of amidine groups is 1. The Kier molecular flexibility index (Phi) is 4.65. The molecule has 1 amide bonds. The van der Waals surface area contributed by atoms with E-state index in [1.807, 2.05) is 0 Å². The number of hydrogen-bond donors (Lipinski definition) is 0. The SMILES string of the molecule is CC(C)C(=O)N=C1S[C@H]2CS(=O)(=O)C[C@H]2N1c1ccc(F)c(Cl)c1. The Morgan fingerprint density at radius 3 is 2.75 bits per heavy atom. The number of carbonyl (C=O) groups excluding carboxylic acids is 1. The minimum absolute atomic E-state index is 0.0193. The van der Waals surface area contributed by atoms with Crippen LogP contribution in [0.2, 0.25) is 5.02 Å². The van der Waals surface area contributed by atoms with Gasteiger partial charge >= 0.3 is 0 Å². The molecule has 0 bridgehead atoms. The number of nitrogens with zero attached hydrogens (tertiary/aromatic N) is 2. The van der Waals surface area contributed by atoms with Gasteiger partial charge in [0.05, 0.1) is 22.6 Å². The van der Waals surface area contributed by atoms with Crippen LogP contribution >= 0.6 is 23.4 Å². The number of sulfone groups is 1. The van der Waals surface area contributed by atoms with Gasteiger partial charge in [0.25, 0.3) is 5.91 Å². The van der Waals surface area contributed by atoms with Gasteiger partial charge < -0.3 is 4.90 Å². The van der Waals surface area contributed by atoms with Crippen LogP contribution in [0, 0.1) is 11.7 Å². The van der Waals surface area contributed by atoms with Crippen molar-refractivity contribution < 1.29 is 17.6 Å². The molecule has 2 fully saturated rings. The largest absolute Gasteiger partial charge is 0.316 e. The monoisotopic (exact) mass is 390 g/mol. The van der Waals surface area contributed by atoms with Crippen molar-refractivity contribution >= 4 is 50.0 Å². The van der Waals surface area contributed by atoms with Crippen molar-refractivity contribution in [1.82, 2.24) is 0 Å². The molecule has 0 N–H and O–H groups in total. The summed E-state index contributed by atoms with van der Waals surface area (Å²) in [6.45, 7) is 3.49. The van der Waals surface area contributed by atoms with Crippen molar-refractivity contribution in [2.75, 3.05) is 16.4 Å². The highest BCUT2D eigenvalue weighted by atomic mass is 35.5. The maximum atomic E-state index is 13.5. The fraction of sp³-hybridized carbons (Fsp3) is 0.467. The highest BCUT2D eigenvalue weighted by molar-refractivity contribution is 8.16. The van der Waals surface area contributed by atoms with Crippen LogP contribution in [0.4, 0.5) is 10.1 Å². The summed E-state index contributed by atoms with van der Waals surface area (Å²) < 4.78 is 37.3. The van der Waals surface area contributed by atoms with E-state index in [4.69, 9.17) is 11.6 Å². The molecule has 1 aromatic carbocycles. The second kappa shape index (κ2) is 6.31. The number of halogens is 2. The van der Waals surface area contributed by atoms with Crippen LogP contribution in [0.1, 0.15) is 13.8 Å². The molecule has 2 atom stereocenters. The summed E-state index contributed by atoms with van der Waals surface area (Å²) in [5, 5.41) is 0.190. The molecule has 0 radical (unpaired) electrons. The van der Waals surface area contributed by atoms with Gasteiger partial charge in [0.1, 0.15) is 5.82 Å². The van der Waals surface area contributed by atoms with Crippen molar-refractivity contribution in [2.24, 2.45) is 10.9 Å². The lowest BCUT2D eigenvalue weighted by Gasteiger charge is -2.24. The summed E-state index contributed by atoms with van der Waals surface area (Å²) in [6, 6.07) is 3.84. The number of rotatable bonds is 2. The third kappa shape index (κ3) is 3.32. The molecule has 9 heteroatoms. The standard InChI is InChI=1S/C15H16ClFN2O3S2/c1-8(2)14(20)18-15-19(9-3-4-11(17)10(16)5-9)12-6-24(21,22)7-13(12)23-15/h3-5,8,12-13H,6-7H2,1-2H3/t12-,13+/m1/s1. The average Bonchev–Trinajstić information content (AvgIpc) is 2.93. The summed E-state index contributed by atoms with van der Waals surface area (Å²) in [4.78, 5) is 17.9. The molecule has 5 nitrogen and oxygen atoms in total. The second-order valence-corrected chi connectivity index (χ2v) is 9.92. The number of benzene rings is 1. The van der Waals surface area contributed by atoms with Gasteiger partial charge in [0, 0.05) is 16.9 Å². The molecule has 2 heterocycles. The van der Waals surface area contributed by atoms with Gasteiger partial charge in [-0.1, -0.05) is 37.2 Å². The van der Waals surface area contributed by atoms with Gasteiger partial charge in [-0.25, -0.2) is 12.8 Å². The van der Waals surface area contributed by atoms with Crippen LogP contribution in [0.15, 0.2) is 23.2 Å². The second-order valence-electron chi connectivity index (χ2n) is 6.16. The molecule has 24 heavy (non-hydrogen) atoms. The highest BCUT2D eigenvalue weighted by Gasteiger charge is 2.49. The van der Waals surface area contributed by atoms with E-state index in [9.17, 15) is 17.6 Å². The molecule has 2 aliphatic heterocycles. The van der Waals surface area contributed by atoms with Gasteiger partial charge in [-0.3, -0.25) is 4.79 Å². The third-order valence-corrected chi connectivity index (χ3v) is 7.45. The Labute approximate surface area is 149 Å². The lowest BCUT2D eigenvalue weighted by molar-refractivity contribution is -0.120. The molecule has 130 valence electrons. The van der Waals surface area contributed by atoms with Crippen LogP contribution in [0.3, 0.4) is 0 Å².